The van der Waals surface area contributed by atoms with Crippen LogP contribution in [-0.2, 0) is 41.6 Å². The summed E-state index contributed by atoms with van der Waals surface area (Å²) in [5.74, 6) is -2.00. The van der Waals surface area contributed by atoms with E-state index in [0.29, 0.717) is 49.9 Å². The van der Waals surface area contributed by atoms with Crippen LogP contribution in [0.1, 0.15) is 119 Å². The molecule has 3 aromatic rings. The monoisotopic (exact) mass is 1010 g/mol. The van der Waals surface area contributed by atoms with Crippen molar-refractivity contribution in [3.8, 4) is 0 Å². The molecule has 19 nitrogen and oxygen atoms in total. The Morgan fingerprint density at radius 3 is 1.45 bits per heavy atom. The molecule has 0 bridgehead atoms. The number of aryl methyl sites for hydroxylation is 2. The van der Waals surface area contributed by atoms with Gasteiger partial charge in [-0.25, -0.2) is 9.59 Å². The lowest BCUT2D eigenvalue weighted by atomic mass is 9.87. The van der Waals surface area contributed by atoms with Crippen LogP contribution in [0.4, 0.5) is 21.0 Å². The molecule has 3 aromatic carbocycles. The smallest absolute Gasteiger partial charge is 0.321 e. The summed E-state index contributed by atoms with van der Waals surface area (Å²) in [5.41, 5.74) is 5.48. The normalized spacial score (nSPS) is 26.0. The molecule has 0 aromatic heterocycles. The maximum atomic E-state index is 14.6. The van der Waals surface area contributed by atoms with E-state index >= 15 is 0 Å². The molecule has 9 atom stereocenters. The van der Waals surface area contributed by atoms with E-state index in [9.17, 15) is 38.4 Å². The molecule has 0 saturated carbocycles. The molecule has 74 heavy (non-hydrogen) atoms. The summed E-state index contributed by atoms with van der Waals surface area (Å²) in [6.45, 7) is 3.66. The van der Waals surface area contributed by atoms with E-state index in [0.717, 1.165) is 49.7 Å². The highest BCUT2D eigenvalue weighted by atomic mass is 16.2. The molecule has 394 valence electrons. The number of rotatable bonds is 11. The van der Waals surface area contributed by atoms with E-state index in [-0.39, 0.29) is 74.5 Å². The zero-order valence-electron chi connectivity index (χ0n) is 42.7. The largest absolute Gasteiger partial charge is 0.347 e. The molecule has 4 heterocycles. The van der Waals surface area contributed by atoms with Crippen LogP contribution >= 0.6 is 0 Å². The van der Waals surface area contributed by atoms with Crippen molar-refractivity contribution in [2.24, 2.45) is 0 Å². The number of amides is 10. The van der Waals surface area contributed by atoms with E-state index in [1.165, 1.54) is 20.9 Å². The first-order chi connectivity index (χ1) is 35.8. The van der Waals surface area contributed by atoms with Crippen molar-refractivity contribution in [2.45, 2.75) is 152 Å². The second kappa shape index (κ2) is 23.0. The van der Waals surface area contributed by atoms with Crippen LogP contribution in [0.2, 0.25) is 0 Å². The fourth-order valence-electron chi connectivity index (χ4n) is 12.0. The number of anilines is 2. The van der Waals surface area contributed by atoms with Gasteiger partial charge >= 0.3 is 12.1 Å². The van der Waals surface area contributed by atoms with Crippen molar-refractivity contribution in [1.29, 1.82) is 0 Å². The highest BCUT2D eigenvalue weighted by Gasteiger charge is 2.48. The van der Waals surface area contributed by atoms with E-state index in [1.807, 2.05) is 36.4 Å². The third kappa shape index (κ3) is 11.4. The van der Waals surface area contributed by atoms with Gasteiger partial charge in [0.2, 0.25) is 35.4 Å². The summed E-state index contributed by atoms with van der Waals surface area (Å²) in [5, 5.41) is 20.9. The number of urea groups is 2. The standard InChI is InChI=1S/C55H71N11O8/c1-4-48(67)59-44-31-63(29-27-38-23-25-46(65(38)52(44)71)50(69)60-42-17-9-13-34-11-5-7-15-40(34)42)54(73)57-36-19-21-37(22-20-36)58-55(74)64-30-28-39-24-26-47(66(39)53(72)45(32-64)62-49(68)33(2)56-3)51(70)61-43-18-10-14-35-12-6-8-16-41(35)43/h5-8,11-12,15-16,19-22,33,38-39,42-47,56H,4,9-10,13-14,17-18,23-32H2,1-3H3,(H,57,73)(H,58,74)(H,59,67)(H,60,69)(H,61,70)(H,62,68)/t33-,38+,39+,42+,43+,44-,45-,46?,47-/m0/s1. The minimum Gasteiger partial charge on any atom is -0.347 e. The van der Waals surface area contributed by atoms with Crippen molar-refractivity contribution in [3.05, 3.63) is 95.1 Å². The van der Waals surface area contributed by atoms with Gasteiger partial charge in [-0.15, -0.1) is 0 Å². The van der Waals surface area contributed by atoms with Crippen molar-refractivity contribution < 1.29 is 38.4 Å². The highest BCUT2D eigenvalue weighted by molar-refractivity contribution is 5.97. The third-order valence-corrected chi connectivity index (χ3v) is 16.1. The third-order valence-electron chi connectivity index (χ3n) is 16.1. The molecule has 2 aliphatic carbocycles. The lowest BCUT2D eigenvalue weighted by Gasteiger charge is -2.39. The van der Waals surface area contributed by atoms with E-state index < -0.39 is 60.0 Å². The maximum absolute atomic E-state index is 14.6. The predicted octanol–water partition coefficient (Wildman–Crippen LogP) is 4.26. The number of fused-ring (bicyclic) bond motifs is 4. The van der Waals surface area contributed by atoms with Gasteiger partial charge in [0.25, 0.3) is 0 Å². The molecular weight excluding hydrogens is 943 g/mol. The summed E-state index contributed by atoms with van der Waals surface area (Å²) in [4.78, 5) is 117. The van der Waals surface area contributed by atoms with Gasteiger partial charge in [-0.3, -0.25) is 28.8 Å². The molecule has 1 unspecified atom stereocenters. The molecule has 10 amide bonds. The molecule has 9 rings (SSSR count). The van der Waals surface area contributed by atoms with Crippen LogP contribution in [0, 0.1) is 0 Å². The summed E-state index contributed by atoms with van der Waals surface area (Å²) in [7, 11) is 1.64. The number of hydrogen-bond donors (Lipinski definition) is 7. The topological polar surface area (TPSA) is 234 Å². The number of benzene rings is 3. The highest BCUT2D eigenvalue weighted by Crippen LogP contribution is 2.35. The van der Waals surface area contributed by atoms with Crippen molar-refractivity contribution >= 4 is 58.9 Å². The maximum Gasteiger partial charge on any atom is 0.321 e. The summed E-state index contributed by atoms with van der Waals surface area (Å²) < 4.78 is 0. The number of nitrogens with one attached hydrogen (secondary N) is 7. The minimum absolute atomic E-state index is 0.103. The van der Waals surface area contributed by atoms with Crippen molar-refractivity contribution in [1.82, 2.24) is 46.2 Å². The average molecular weight is 1010 g/mol. The second-order valence-electron chi connectivity index (χ2n) is 20.7. The second-order valence-corrected chi connectivity index (χ2v) is 20.7. The molecule has 19 heteroatoms. The number of nitrogens with zero attached hydrogens (tertiary/aromatic N) is 4. The average Bonchev–Trinajstić information content (AvgIpc) is 4.04. The van der Waals surface area contributed by atoms with Gasteiger partial charge in [0, 0.05) is 43.0 Å². The lowest BCUT2D eigenvalue weighted by molar-refractivity contribution is -0.145. The SMILES string of the molecule is CCC(=O)N[C@H]1CN(C(=O)Nc2ccc(NC(=O)N3CC[C@H]4CC[C@@H](C(=O)N[C@@H]5CCCc6ccccc65)N4C(=O)[C@@H](NC(=O)[C@H](C)NC)C3)cc2)CC[C@H]2CCC(C(=O)N[C@@H]3CCCc4ccccc43)N2C1=O. The Labute approximate surface area is 432 Å². The number of hydrogen-bond acceptors (Lipinski definition) is 9. The van der Waals surface area contributed by atoms with E-state index in [1.54, 1.807) is 55.0 Å². The molecule has 0 spiro atoms. The van der Waals surface area contributed by atoms with Gasteiger partial charge in [0.15, 0.2) is 0 Å². The number of likely N-dealkylation sites (N-methyl/N-ethyl adjacent to an activating group) is 1. The summed E-state index contributed by atoms with van der Waals surface area (Å²) in [6.07, 6.45) is 8.51. The molecule has 0 radical (unpaired) electrons. The van der Waals surface area contributed by atoms with Crippen molar-refractivity contribution in [3.63, 3.8) is 0 Å². The Kier molecular flexibility index (Phi) is 16.1. The van der Waals surface area contributed by atoms with Gasteiger partial charge in [-0.1, -0.05) is 55.5 Å². The van der Waals surface area contributed by atoms with Crippen LogP contribution in [-0.4, -0.2) is 143 Å². The van der Waals surface area contributed by atoms with Crippen LogP contribution in [0.25, 0.3) is 0 Å². The fourth-order valence-corrected chi connectivity index (χ4v) is 12.0. The number of carbonyl (C=O) groups is 8. The first kappa shape index (κ1) is 51.9. The molecule has 6 aliphatic rings. The van der Waals surface area contributed by atoms with Crippen LogP contribution < -0.4 is 37.2 Å². The van der Waals surface area contributed by atoms with E-state index in [4.69, 9.17) is 0 Å². The Morgan fingerprint density at radius 1 is 0.554 bits per heavy atom. The Hall–Kier alpha value is -7.02. The Balaban J connectivity index is 0.829. The van der Waals surface area contributed by atoms with E-state index in [2.05, 4.69) is 49.4 Å². The Morgan fingerprint density at radius 2 is 1.00 bits per heavy atom. The lowest BCUT2D eigenvalue weighted by Crippen LogP contribution is -2.62. The van der Waals surface area contributed by atoms with Gasteiger partial charge in [0.05, 0.1) is 31.2 Å². The molecule has 4 saturated heterocycles. The zero-order chi connectivity index (χ0) is 52.0. The summed E-state index contributed by atoms with van der Waals surface area (Å²) >= 11 is 0. The molecule has 4 aliphatic heterocycles. The molecule has 7 N–H and O–H groups in total. The molecular formula is C55H71N11O8. The van der Waals surface area contributed by atoms with Crippen LogP contribution in [0.3, 0.4) is 0 Å². The van der Waals surface area contributed by atoms with Gasteiger partial charge in [-0.2, -0.15) is 0 Å². The Bertz CT molecular complexity index is 2610. The van der Waals surface area contributed by atoms with Crippen molar-refractivity contribution in [2.75, 3.05) is 43.9 Å². The van der Waals surface area contributed by atoms with Gasteiger partial charge in [-0.05, 0) is 138 Å². The zero-order valence-corrected chi connectivity index (χ0v) is 42.7. The van der Waals surface area contributed by atoms with Crippen LogP contribution in [0.5, 0.6) is 0 Å². The van der Waals surface area contributed by atoms with Gasteiger partial charge in [0.1, 0.15) is 24.2 Å². The summed E-state index contributed by atoms with van der Waals surface area (Å²) in [6, 6.07) is 16.7. The van der Waals surface area contributed by atoms with Crippen LogP contribution in [0.15, 0.2) is 72.8 Å². The first-order valence-corrected chi connectivity index (χ1v) is 26.7. The fraction of sp³-hybridized carbons (Fsp3) is 0.527. The quantitative estimate of drug-likeness (QED) is 0.145. The minimum atomic E-state index is -1.12. The molecule has 4 fully saturated rings. The van der Waals surface area contributed by atoms with Gasteiger partial charge < -0.3 is 56.8 Å². The first-order valence-electron chi connectivity index (χ1n) is 26.7. The number of carbonyl (C=O) groups excluding carboxylic acids is 8. The predicted molar refractivity (Wildman–Crippen MR) is 277 cm³/mol.